The molecule has 0 spiro atoms. The minimum Gasteiger partial charge on any atom is -0.472 e. The molecule has 0 aliphatic heterocycles. The number of rotatable bonds is 3. The van der Waals surface area contributed by atoms with E-state index in [0.717, 1.165) is 5.56 Å². The summed E-state index contributed by atoms with van der Waals surface area (Å²) in [5.74, 6) is 5.14. The van der Waals surface area contributed by atoms with Crippen molar-refractivity contribution in [1.82, 2.24) is 5.32 Å². The van der Waals surface area contributed by atoms with Gasteiger partial charge in [0.25, 0.3) is 5.91 Å². The molecular weight excluding hydrogens is 242 g/mol. The third-order valence-corrected chi connectivity index (χ3v) is 2.47. The molecule has 0 fully saturated rings. The van der Waals surface area contributed by atoms with Crippen molar-refractivity contribution in [3.05, 3.63) is 59.5 Å². The van der Waals surface area contributed by atoms with Crippen LogP contribution < -0.4 is 5.32 Å². The number of carbonyl (C=O) groups excluding carboxylic acids is 1. The molecule has 1 aromatic heterocycles. The van der Waals surface area contributed by atoms with Crippen molar-refractivity contribution < 1.29 is 14.3 Å². The van der Waals surface area contributed by atoms with Gasteiger partial charge in [0.15, 0.2) is 0 Å². The topological polar surface area (TPSA) is 62.5 Å². The van der Waals surface area contributed by atoms with Crippen molar-refractivity contribution in [1.29, 1.82) is 0 Å². The van der Waals surface area contributed by atoms with Crippen LogP contribution in [0.5, 0.6) is 0 Å². The Morgan fingerprint density at radius 3 is 3.00 bits per heavy atom. The minimum atomic E-state index is -0.198. The van der Waals surface area contributed by atoms with Crippen LogP contribution in [0.15, 0.2) is 47.3 Å². The summed E-state index contributed by atoms with van der Waals surface area (Å²) in [7, 11) is 0. The first-order valence-corrected chi connectivity index (χ1v) is 5.78. The average molecular weight is 255 g/mol. The van der Waals surface area contributed by atoms with Crippen molar-refractivity contribution in [2.75, 3.05) is 6.61 Å². The Kier molecular flexibility index (Phi) is 4.38. The Labute approximate surface area is 111 Å². The Morgan fingerprint density at radius 2 is 2.26 bits per heavy atom. The zero-order chi connectivity index (χ0) is 13.5. The highest BCUT2D eigenvalue weighted by molar-refractivity contribution is 5.94. The predicted molar refractivity (Wildman–Crippen MR) is 70.3 cm³/mol. The summed E-state index contributed by atoms with van der Waals surface area (Å²) in [5.41, 5.74) is 2.14. The van der Waals surface area contributed by atoms with Gasteiger partial charge in [-0.1, -0.05) is 17.9 Å². The van der Waals surface area contributed by atoms with E-state index in [4.69, 9.17) is 9.52 Å². The van der Waals surface area contributed by atoms with Gasteiger partial charge in [-0.3, -0.25) is 4.79 Å². The number of benzene rings is 1. The summed E-state index contributed by atoms with van der Waals surface area (Å²) < 4.78 is 4.92. The molecular formula is C15H13NO3. The highest BCUT2D eigenvalue weighted by Gasteiger charge is 2.05. The fraction of sp³-hybridized carbons (Fsp3) is 0.133. The molecule has 1 amide bonds. The lowest BCUT2D eigenvalue weighted by molar-refractivity contribution is 0.0951. The van der Waals surface area contributed by atoms with Crippen LogP contribution in [0.25, 0.3) is 0 Å². The van der Waals surface area contributed by atoms with Crippen molar-refractivity contribution in [2.45, 2.75) is 6.54 Å². The van der Waals surface area contributed by atoms with Gasteiger partial charge in [-0.25, -0.2) is 0 Å². The molecule has 0 aliphatic rings. The highest BCUT2D eigenvalue weighted by Crippen LogP contribution is 2.05. The Morgan fingerprint density at radius 1 is 1.37 bits per heavy atom. The summed E-state index contributed by atoms with van der Waals surface area (Å²) in [6, 6.07) is 8.75. The van der Waals surface area contributed by atoms with Crippen LogP contribution in [0.1, 0.15) is 21.5 Å². The second kappa shape index (κ2) is 6.43. The SMILES string of the molecule is O=C(NCc1ccoc1)c1cccc(C#CCO)c1. The number of hydrogen-bond acceptors (Lipinski definition) is 3. The third-order valence-electron chi connectivity index (χ3n) is 2.47. The zero-order valence-corrected chi connectivity index (χ0v) is 10.2. The number of furan rings is 1. The smallest absolute Gasteiger partial charge is 0.251 e. The van der Waals surface area contributed by atoms with Crippen LogP contribution in [-0.2, 0) is 6.54 Å². The first kappa shape index (κ1) is 12.9. The molecule has 0 aliphatic carbocycles. The molecule has 96 valence electrons. The first-order chi connectivity index (χ1) is 9.29. The third kappa shape index (κ3) is 3.73. The number of nitrogens with one attached hydrogen (secondary N) is 1. The van der Waals surface area contributed by atoms with Gasteiger partial charge in [-0.2, -0.15) is 0 Å². The van der Waals surface area contributed by atoms with Gasteiger partial charge in [0, 0.05) is 23.2 Å². The van der Waals surface area contributed by atoms with E-state index < -0.39 is 0 Å². The standard InChI is InChI=1S/C15H13NO3/c17-7-2-4-12-3-1-5-14(9-12)15(18)16-10-13-6-8-19-11-13/h1,3,5-6,8-9,11,17H,7,10H2,(H,16,18). The maximum atomic E-state index is 11.9. The Hall–Kier alpha value is -2.51. The molecule has 2 rings (SSSR count). The van der Waals surface area contributed by atoms with E-state index in [9.17, 15) is 4.79 Å². The summed E-state index contributed by atoms with van der Waals surface area (Å²) in [6.07, 6.45) is 3.15. The van der Waals surface area contributed by atoms with Crippen LogP contribution in [0.2, 0.25) is 0 Å². The minimum absolute atomic E-state index is 0.172. The van der Waals surface area contributed by atoms with Gasteiger partial charge in [-0.15, -0.1) is 0 Å². The normalized spacial score (nSPS) is 9.53. The summed E-state index contributed by atoms with van der Waals surface area (Å²) >= 11 is 0. The number of aliphatic hydroxyl groups excluding tert-OH is 1. The van der Waals surface area contributed by atoms with Crippen LogP contribution in [0.4, 0.5) is 0 Å². The zero-order valence-electron chi connectivity index (χ0n) is 10.2. The van der Waals surface area contributed by atoms with Gasteiger partial charge in [0.1, 0.15) is 6.61 Å². The average Bonchev–Trinajstić information content (AvgIpc) is 2.96. The molecule has 2 aromatic rings. The van der Waals surface area contributed by atoms with Gasteiger partial charge in [0.05, 0.1) is 12.5 Å². The Balaban J connectivity index is 2.02. The number of carbonyl (C=O) groups is 1. The van der Waals surface area contributed by atoms with Gasteiger partial charge in [0.2, 0.25) is 0 Å². The molecule has 1 aromatic carbocycles. The molecule has 2 N–H and O–H groups in total. The molecule has 0 atom stereocenters. The van der Waals surface area contributed by atoms with E-state index in [0.29, 0.717) is 17.7 Å². The van der Waals surface area contributed by atoms with E-state index in [1.807, 2.05) is 0 Å². The van der Waals surface area contributed by atoms with Crippen LogP contribution in [-0.4, -0.2) is 17.6 Å². The van der Waals surface area contributed by atoms with Gasteiger partial charge < -0.3 is 14.8 Å². The lowest BCUT2D eigenvalue weighted by Crippen LogP contribution is -2.22. The fourth-order valence-corrected chi connectivity index (χ4v) is 1.56. The second-order valence-electron chi connectivity index (χ2n) is 3.85. The van der Waals surface area contributed by atoms with E-state index in [-0.39, 0.29) is 12.5 Å². The van der Waals surface area contributed by atoms with Crippen LogP contribution >= 0.6 is 0 Å². The van der Waals surface area contributed by atoms with E-state index in [1.165, 1.54) is 0 Å². The fourth-order valence-electron chi connectivity index (χ4n) is 1.56. The largest absolute Gasteiger partial charge is 0.472 e. The van der Waals surface area contributed by atoms with Crippen molar-refractivity contribution in [3.63, 3.8) is 0 Å². The molecule has 0 bridgehead atoms. The molecule has 4 heteroatoms. The monoisotopic (exact) mass is 255 g/mol. The molecule has 0 saturated heterocycles. The number of hydrogen-bond donors (Lipinski definition) is 2. The van der Waals surface area contributed by atoms with Crippen LogP contribution in [0.3, 0.4) is 0 Å². The lowest BCUT2D eigenvalue weighted by Gasteiger charge is -2.03. The Bertz CT molecular complexity index is 606. The summed E-state index contributed by atoms with van der Waals surface area (Å²) in [5, 5.41) is 11.4. The molecule has 4 nitrogen and oxygen atoms in total. The molecule has 19 heavy (non-hydrogen) atoms. The highest BCUT2D eigenvalue weighted by atomic mass is 16.3. The van der Waals surface area contributed by atoms with E-state index in [1.54, 1.807) is 42.9 Å². The summed E-state index contributed by atoms with van der Waals surface area (Å²) in [6.45, 7) is 0.221. The summed E-state index contributed by atoms with van der Waals surface area (Å²) in [4.78, 5) is 11.9. The van der Waals surface area contributed by atoms with Gasteiger partial charge >= 0.3 is 0 Å². The molecule has 0 saturated carbocycles. The van der Waals surface area contributed by atoms with Crippen molar-refractivity contribution >= 4 is 5.91 Å². The second-order valence-corrected chi connectivity index (χ2v) is 3.85. The van der Waals surface area contributed by atoms with Crippen LogP contribution in [0, 0.1) is 11.8 Å². The van der Waals surface area contributed by atoms with Crippen molar-refractivity contribution in [3.8, 4) is 11.8 Å². The van der Waals surface area contributed by atoms with Gasteiger partial charge in [-0.05, 0) is 24.3 Å². The molecule has 1 heterocycles. The quantitative estimate of drug-likeness (QED) is 0.818. The maximum Gasteiger partial charge on any atom is 0.251 e. The number of amides is 1. The number of aliphatic hydroxyl groups is 1. The van der Waals surface area contributed by atoms with E-state index in [2.05, 4.69) is 17.2 Å². The first-order valence-electron chi connectivity index (χ1n) is 5.78. The maximum absolute atomic E-state index is 11.9. The molecule has 0 radical (unpaired) electrons. The molecule has 0 unspecified atom stereocenters. The lowest BCUT2D eigenvalue weighted by atomic mass is 10.1. The predicted octanol–water partition coefficient (Wildman–Crippen LogP) is 1.55. The van der Waals surface area contributed by atoms with E-state index >= 15 is 0 Å². The van der Waals surface area contributed by atoms with Crippen molar-refractivity contribution in [2.24, 2.45) is 0 Å².